The number of amides is 1. The van der Waals surface area contributed by atoms with E-state index in [1.807, 2.05) is 61.5 Å². The Morgan fingerprint density at radius 3 is 2.52 bits per heavy atom. The largest absolute Gasteiger partial charge is 0.494 e. The first-order valence-corrected chi connectivity index (χ1v) is 11.3. The normalized spacial score (nSPS) is 15.1. The highest BCUT2D eigenvalue weighted by atomic mass is 16.5. The number of carbonyl (C=O) groups is 1. The van der Waals surface area contributed by atoms with Crippen LogP contribution in [-0.2, 0) is 21.5 Å². The fraction of sp³-hybridized carbons (Fsp3) is 0.346. The molecular weight excluding hydrogens is 418 g/mol. The molecule has 1 N–H and O–H groups in total. The molecule has 1 aliphatic heterocycles. The Hall–Kier alpha value is -3.45. The fourth-order valence-electron chi connectivity index (χ4n) is 4.22. The Bertz CT molecular complexity index is 1120. The third-order valence-corrected chi connectivity index (χ3v) is 6.09. The van der Waals surface area contributed by atoms with Crippen LogP contribution in [0.4, 0.5) is 0 Å². The minimum absolute atomic E-state index is 0.0241. The Morgan fingerprint density at radius 2 is 1.85 bits per heavy atom. The fourth-order valence-corrected chi connectivity index (χ4v) is 4.22. The van der Waals surface area contributed by atoms with Gasteiger partial charge in [0.15, 0.2) is 0 Å². The van der Waals surface area contributed by atoms with E-state index >= 15 is 0 Å². The number of nitrogens with one attached hydrogen (secondary N) is 1. The van der Waals surface area contributed by atoms with Crippen LogP contribution in [0.25, 0.3) is 11.3 Å². The Labute approximate surface area is 193 Å². The molecule has 33 heavy (non-hydrogen) atoms. The number of nitrogens with zero attached hydrogens (tertiary/aromatic N) is 2. The quantitative estimate of drug-likeness (QED) is 0.574. The molecule has 7 nitrogen and oxygen atoms in total. The molecule has 7 heteroatoms. The summed E-state index contributed by atoms with van der Waals surface area (Å²) in [6, 6.07) is 18.9. The molecule has 172 valence electrons. The number of rotatable bonds is 8. The lowest BCUT2D eigenvalue weighted by atomic mass is 9.73. The minimum atomic E-state index is -0.597. The van der Waals surface area contributed by atoms with Gasteiger partial charge in [-0.2, -0.15) is 0 Å². The Balaban J connectivity index is 1.40. The topological polar surface area (TPSA) is 82.5 Å². The highest BCUT2D eigenvalue weighted by Crippen LogP contribution is 2.35. The maximum absolute atomic E-state index is 13.2. The van der Waals surface area contributed by atoms with Gasteiger partial charge < -0.3 is 14.8 Å². The molecule has 2 aromatic carbocycles. The second kappa shape index (κ2) is 10.4. The van der Waals surface area contributed by atoms with Crippen LogP contribution in [0.3, 0.4) is 0 Å². The minimum Gasteiger partial charge on any atom is -0.494 e. The van der Waals surface area contributed by atoms with Crippen LogP contribution >= 0.6 is 0 Å². The Kier molecular flexibility index (Phi) is 7.19. The molecule has 1 amide bonds. The molecule has 0 saturated carbocycles. The van der Waals surface area contributed by atoms with Crippen LogP contribution < -0.4 is 15.6 Å². The van der Waals surface area contributed by atoms with E-state index in [4.69, 9.17) is 9.47 Å². The molecule has 1 aromatic heterocycles. The average molecular weight is 448 g/mol. The van der Waals surface area contributed by atoms with Crippen LogP contribution in [0.2, 0.25) is 0 Å². The van der Waals surface area contributed by atoms with E-state index in [2.05, 4.69) is 10.3 Å². The molecule has 0 atom stereocenters. The van der Waals surface area contributed by atoms with Gasteiger partial charge in [0, 0.05) is 37.9 Å². The molecular formula is C26H29N3O4. The van der Waals surface area contributed by atoms with E-state index in [0.29, 0.717) is 51.4 Å². The van der Waals surface area contributed by atoms with Crippen LogP contribution in [0.1, 0.15) is 25.3 Å². The van der Waals surface area contributed by atoms with E-state index in [1.165, 1.54) is 17.0 Å². The monoisotopic (exact) mass is 447 g/mol. The molecule has 0 spiro atoms. The van der Waals surface area contributed by atoms with Gasteiger partial charge in [0.2, 0.25) is 5.91 Å². The van der Waals surface area contributed by atoms with Crippen LogP contribution in [0.15, 0.2) is 71.8 Å². The predicted octanol–water partition coefficient (Wildman–Crippen LogP) is 3.17. The van der Waals surface area contributed by atoms with Crippen molar-refractivity contribution in [3.8, 4) is 17.0 Å². The van der Waals surface area contributed by atoms with Crippen molar-refractivity contribution in [1.29, 1.82) is 0 Å². The van der Waals surface area contributed by atoms with Crippen molar-refractivity contribution in [3.05, 3.63) is 82.9 Å². The first kappa shape index (κ1) is 22.7. The van der Waals surface area contributed by atoms with Crippen LogP contribution in [0.5, 0.6) is 5.75 Å². The molecule has 3 aromatic rings. The summed E-state index contributed by atoms with van der Waals surface area (Å²) >= 11 is 0. The van der Waals surface area contributed by atoms with E-state index in [1.54, 1.807) is 0 Å². The standard InChI is InChI=1S/C26H29N3O4/c1-2-33-22-10-8-20(9-11-22)23-18-24(30)29(19-28-23)15-14-27-25(31)26(12-16-32-17-13-26)21-6-4-3-5-7-21/h3-11,18-19H,2,12-17H2,1H3,(H,27,31). The van der Waals surface area contributed by atoms with Crippen LogP contribution in [-0.4, -0.2) is 41.8 Å². The van der Waals surface area contributed by atoms with Crippen molar-refractivity contribution in [2.45, 2.75) is 31.7 Å². The van der Waals surface area contributed by atoms with Gasteiger partial charge in [-0.25, -0.2) is 4.98 Å². The maximum atomic E-state index is 13.2. The van der Waals surface area contributed by atoms with Gasteiger partial charge in [-0.15, -0.1) is 0 Å². The van der Waals surface area contributed by atoms with E-state index in [-0.39, 0.29) is 11.5 Å². The molecule has 0 bridgehead atoms. The van der Waals surface area contributed by atoms with Gasteiger partial charge in [-0.1, -0.05) is 30.3 Å². The number of hydrogen-bond acceptors (Lipinski definition) is 5. The summed E-state index contributed by atoms with van der Waals surface area (Å²) in [7, 11) is 0. The number of carbonyl (C=O) groups excluding carboxylic acids is 1. The van der Waals surface area contributed by atoms with Gasteiger partial charge in [0.05, 0.1) is 24.0 Å². The lowest BCUT2D eigenvalue weighted by Gasteiger charge is -2.36. The van der Waals surface area contributed by atoms with Crippen molar-refractivity contribution in [2.24, 2.45) is 0 Å². The molecule has 4 rings (SSSR count). The van der Waals surface area contributed by atoms with Gasteiger partial charge >= 0.3 is 0 Å². The summed E-state index contributed by atoms with van der Waals surface area (Å²) in [5, 5.41) is 3.04. The number of benzene rings is 2. The van der Waals surface area contributed by atoms with Crippen molar-refractivity contribution >= 4 is 5.91 Å². The number of hydrogen-bond donors (Lipinski definition) is 1. The molecule has 2 heterocycles. The second-order valence-electron chi connectivity index (χ2n) is 8.08. The molecule has 1 fully saturated rings. The summed E-state index contributed by atoms with van der Waals surface area (Å²) in [4.78, 5) is 30.3. The zero-order valence-electron chi connectivity index (χ0n) is 18.8. The first-order valence-electron chi connectivity index (χ1n) is 11.3. The van der Waals surface area contributed by atoms with Gasteiger partial charge in [0.25, 0.3) is 5.56 Å². The smallest absolute Gasteiger partial charge is 0.253 e. The summed E-state index contributed by atoms with van der Waals surface area (Å²) in [5.41, 5.74) is 1.70. The second-order valence-corrected chi connectivity index (χ2v) is 8.08. The van der Waals surface area contributed by atoms with Crippen molar-refractivity contribution in [1.82, 2.24) is 14.9 Å². The van der Waals surface area contributed by atoms with Gasteiger partial charge in [-0.3, -0.25) is 14.2 Å². The van der Waals surface area contributed by atoms with Gasteiger partial charge in [0.1, 0.15) is 5.75 Å². The highest BCUT2D eigenvalue weighted by molar-refractivity contribution is 5.88. The lowest BCUT2D eigenvalue weighted by molar-refractivity contribution is -0.130. The molecule has 0 aliphatic carbocycles. The molecule has 0 radical (unpaired) electrons. The average Bonchev–Trinajstić information content (AvgIpc) is 2.86. The first-order chi connectivity index (χ1) is 16.1. The summed E-state index contributed by atoms with van der Waals surface area (Å²) in [5.74, 6) is 0.757. The SMILES string of the molecule is CCOc1ccc(-c2cc(=O)n(CCNC(=O)C3(c4ccccc4)CCOCC3)cn2)cc1. The van der Waals surface area contributed by atoms with Crippen molar-refractivity contribution in [2.75, 3.05) is 26.4 Å². The molecule has 1 saturated heterocycles. The van der Waals surface area contributed by atoms with E-state index in [0.717, 1.165) is 16.9 Å². The number of ether oxygens (including phenoxy) is 2. The third kappa shape index (κ3) is 5.14. The lowest BCUT2D eigenvalue weighted by Crippen LogP contribution is -2.48. The highest BCUT2D eigenvalue weighted by Gasteiger charge is 2.41. The molecule has 1 aliphatic rings. The van der Waals surface area contributed by atoms with Gasteiger partial charge in [-0.05, 0) is 49.6 Å². The van der Waals surface area contributed by atoms with E-state index in [9.17, 15) is 9.59 Å². The molecule has 0 unspecified atom stereocenters. The van der Waals surface area contributed by atoms with Crippen molar-refractivity contribution < 1.29 is 14.3 Å². The summed E-state index contributed by atoms with van der Waals surface area (Å²) < 4.78 is 12.5. The zero-order chi connectivity index (χ0) is 23.1. The zero-order valence-corrected chi connectivity index (χ0v) is 18.8. The number of aromatic nitrogens is 2. The van der Waals surface area contributed by atoms with Crippen molar-refractivity contribution in [3.63, 3.8) is 0 Å². The van der Waals surface area contributed by atoms with E-state index < -0.39 is 5.41 Å². The summed E-state index contributed by atoms with van der Waals surface area (Å²) in [6.07, 6.45) is 2.81. The predicted molar refractivity (Wildman–Crippen MR) is 126 cm³/mol. The summed E-state index contributed by atoms with van der Waals surface area (Å²) in [6.45, 7) is 4.34. The van der Waals surface area contributed by atoms with Crippen LogP contribution in [0, 0.1) is 0 Å². The Morgan fingerprint density at radius 1 is 1.12 bits per heavy atom. The maximum Gasteiger partial charge on any atom is 0.253 e. The third-order valence-electron chi connectivity index (χ3n) is 6.09.